The van der Waals surface area contributed by atoms with Crippen LogP contribution in [0.3, 0.4) is 0 Å². The summed E-state index contributed by atoms with van der Waals surface area (Å²) in [5.74, 6) is -0.291. The van der Waals surface area contributed by atoms with Crippen LogP contribution in [0, 0.1) is 6.92 Å². The zero-order valence-corrected chi connectivity index (χ0v) is 14.7. The lowest BCUT2D eigenvalue weighted by Crippen LogP contribution is -2.49. The van der Waals surface area contributed by atoms with Gasteiger partial charge in [-0.15, -0.1) is 0 Å². The lowest BCUT2D eigenvalue weighted by molar-refractivity contribution is -0.201. The largest absolute Gasteiger partial charge is 0.330 e. The Morgan fingerprint density at radius 1 is 1.27 bits per heavy atom. The minimum atomic E-state index is -0.575. The molecule has 0 unspecified atom stereocenters. The summed E-state index contributed by atoms with van der Waals surface area (Å²) in [5, 5.41) is 5.72. The van der Waals surface area contributed by atoms with Crippen molar-refractivity contribution in [3.63, 3.8) is 0 Å². The number of aromatic nitrogens is 3. The summed E-state index contributed by atoms with van der Waals surface area (Å²) in [4.78, 5) is 37.2. The molecule has 2 aromatic rings. The van der Waals surface area contributed by atoms with E-state index in [-0.39, 0.29) is 18.4 Å². The first-order valence-electron chi connectivity index (χ1n) is 8.81. The zero-order valence-electron chi connectivity index (χ0n) is 14.7. The number of rotatable bonds is 2. The molecule has 8 heteroatoms. The van der Waals surface area contributed by atoms with Crippen molar-refractivity contribution in [2.24, 2.45) is 0 Å². The number of carbonyl (C=O) groups is 2. The van der Waals surface area contributed by atoms with Gasteiger partial charge in [-0.3, -0.25) is 24.1 Å². The Morgan fingerprint density at radius 2 is 2.15 bits per heavy atom. The molecule has 4 heterocycles. The first-order chi connectivity index (χ1) is 12.6. The van der Waals surface area contributed by atoms with Crippen molar-refractivity contribution in [2.75, 3.05) is 19.7 Å². The second-order valence-corrected chi connectivity index (χ2v) is 6.70. The maximum atomic E-state index is 13.0. The van der Waals surface area contributed by atoms with Crippen molar-refractivity contribution in [2.45, 2.75) is 32.4 Å². The Morgan fingerprint density at radius 3 is 2.92 bits per heavy atom. The molecule has 4 rings (SSSR count). The molecule has 1 saturated heterocycles. The third-order valence-electron chi connectivity index (χ3n) is 4.74. The Hall–Kier alpha value is -2.74. The quantitative estimate of drug-likeness (QED) is 0.812. The van der Waals surface area contributed by atoms with E-state index in [0.29, 0.717) is 25.3 Å². The zero-order chi connectivity index (χ0) is 18.1. The minimum Gasteiger partial charge on any atom is -0.330 e. The summed E-state index contributed by atoms with van der Waals surface area (Å²) in [7, 11) is 0. The molecule has 0 aliphatic carbocycles. The van der Waals surface area contributed by atoms with E-state index in [1.54, 1.807) is 28.2 Å². The highest BCUT2D eigenvalue weighted by Crippen LogP contribution is 2.25. The molecule has 0 aromatic carbocycles. The lowest BCUT2D eigenvalue weighted by Gasteiger charge is -2.36. The highest BCUT2D eigenvalue weighted by Gasteiger charge is 2.36. The fourth-order valence-electron chi connectivity index (χ4n) is 3.42. The number of nitrogens with zero attached hydrogens (tertiary/aromatic N) is 5. The van der Waals surface area contributed by atoms with Gasteiger partial charge in [-0.1, -0.05) is 0 Å². The number of fused-ring (bicyclic) bond motifs is 1. The summed E-state index contributed by atoms with van der Waals surface area (Å²) in [6.45, 7) is 3.69. The SMILES string of the molecule is Cc1cncc(C(=O)N2Cc3ccnn3[C@@H](C(=O)N3CCCCO3)C2)c1. The average molecular weight is 355 g/mol. The van der Waals surface area contributed by atoms with Crippen molar-refractivity contribution in [3.05, 3.63) is 47.5 Å². The molecule has 8 nitrogen and oxygen atoms in total. The van der Waals surface area contributed by atoms with Gasteiger partial charge in [-0.05, 0) is 37.5 Å². The molecule has 0 N–H and O–H groups in total. The summed E-state index contributed by atoms with van der Waals surface area (Å²) >= 11 is 0. The molecule has 0 bridgehead atoms. The molecule has 136 valence electrons. The van der Waals surface area contributed by atoms with Crippen molar-refractivity contribution < 1.29 is 14.4 Å². The van der Waals surface area contributed by atoms with Crippen LogP contribution in [0.1, 0.15) is 40.5 Å². The molecule has 1 fully saturated rings. The molecule has 2 aromatic heterocycles. The topological polar surface area (TPSA) is 80.6 Å². The molecular formula is C18H21N5O3. The summed E-state index contributed by atoms with van der Waals surface area (Å²) in [5.41, 5.74) is 2.28. The Labute approximate surface area is 151 Å². The van der Waals surface area contributed by atoms with E-state index in [1.807, 2.05) is 19.1 Å². The highest BCUT2D eigenvalue weighted by atomic mass is 16.7. The first-order valence-corrected chi connectivity index (χ1v) is 8.81. The molecule has 1 atom stereocenters. The first kappa shape index (κ1) is 16.7. The summed E-state index contributed by atoms with van der Waals surface area (Å²) in [6, 6.07) is 3.07. The molecule has 0 spiro atoms. The number of hydrogen-bond donors (Lipinski definition) is 0. The van der Waals surface area contributed by atoms with Gasteiger partial charge in [0.25, 0.3) is 11.8 Å². The summed E-state index contributed by atoms with van der Waals surface area (Å²) in [6.07, 6.45) is 6.80. The maximum absolute atomic E-state index is 13.0. The number of amides is 2. The van der Waals surface area contributed by atoms with E-state index < -0.39 is 6.04 Å². The fraction of sp³-hybridized carbons (Fsp3) is 0.444. The number of aryl methyl sites for hydroxylation is 1. The van der Waals surface area contributed by atoms with Crippen LogP contribution in [-0.2, 0) is 16.2 Å². The van der Waals surface area contributed by atoms with E-state index in [9.17, 15) is 9.59 Å². The number of hydroxylamine groups is 2. The normalized spacial score (nSPS) is 20.0. The smallest absolute Gasteiger partial charge is 0.272 e. The van der Waals surface area contributed by atoms with E-state index in [1.165, 1.54) is 5.06 Å². The van der Waals surface area contributed by atoms with E-state index >= 15 is 0 Å². The lowest BCUT2D eigenvalue weighted by atomic mass is 10.1. The van der Waals surface area contributed by atoms with Crippen molar-refractivity contribution in [1.29, 1.82) is 0 Å². The van der Waals surface area contributed by atoms with Gasteiger partial charge in [-0.2, -0.15) is 5.10 Å². The molecule has 2 aliphatic rings. The van der Waals surface area contributed by atoms with Gasteiger partial charge in [0.05, 0.1) is 31.0 Å². The highest BCUT2D eigenvalue weighted by molar-refractivity contribution is 5.94. The van der Waals surface area contributed by atoms with Gasteiger partial charge in [0.2, 0.25) is 0 Å². The maximum Gasteiger partial charge on any atom is 0.272 e. The predicted molar refractivity (Wildman–Crippen MR) is 91.9 cm³/mol. The van der Waals surface area contributed by atoms with Crippen molar-refractivity contribution in [1.82, 2.24) is 24.7 Å². The second-order valence-electron chi connectivity index (χ2n) is 6.70. The van der Waals surface area contributed by atoms with E-state index in [2.05, 4.69) is 10.1 Å². The minimum absolute atomic E-state index is 0.133. The van der Waals surface area contributed by atoms with Crippen LogP contribution in [-0.4, -0.2) is 56.2 Å². The number of pyridine rings is 1. The van der Waals surface area contributed by atoms with Gasteiger partial charge >= 0.3 is 0 Å². The van der Waals surface area contributed by atoms with Crippen LogP contribution in [0.25, 0.3) is 0 Å². The molecule has 2 amide bonds. The molecular weight excluding hydrogens is 334 g/mol. The van der Waals surface area contributed by atoms with Crippen LogP contribution in [0.5, 0.6) is 0 Å². The molecule has 0 saturated carbocycles. The number of carbonyl (C=O) groups excluding carboxylic acids is 2. The van der Waals surface area contributed by atoms with Crippen LogP contribution in [0.4, 0.5) is 0 Å². The third kappa shape index (κ3) is 3.08. The van der Waals surface area contributed by atoms with Crippen molar-refractivity contribution >= 4 is 11.8 Å². The van der Waals surface area contributed by atoms with Crippen LogP contribution >= 0.6 is 0 Å². The fourth-order valence-corrected chi connectivity index (χ4v) is 3.42. The van der Waals surface area contributed by atoms with Crippen LogP contribution < -0.4 is 0 Å². The van der Waals surface area contributed by atoms with Gasteiger partial charge < -0.3 is 4.90 Å². The Balaban J connectivity index is 1.59. The van der Waals surface area contributed by atoms with Crippen LogP contribution in [0.2, 0.25) is 0 Å². The molecule has 2 aliphatic heterocycles. The van der Waals surface area contributed by atoms with E-state index in [4.69, 9.17) is 4.84 Å². The standard InChI is InChI=1S/C18H21N5O3/c1-13-8-14(10-19-9-13)17(24)21-11-15-4-5-20-23(15)16(12-21)18(25)22-6-2-3-7-26-22/h4-5,8-10,16H,2-3,6-7,11-12H2,1H3/t16-/m1/s1. The molecule has 0 radical (unpaired) electrons. The van der Waals surface area contributed by atoms with E-state index in [0.717, 1.165) is 24.1 Å². The van der Waals surface area contributed by atoms with Gasteiger partial charge in [0.1, 0.15) is 0 Å². The Bertz CT molecular complexity index is 828. The predicted octanol–water partition coefficient (Wildman–Crippen LogP) is 1.34. The van der Waals surface area contributed by atoms with Crippen LogP contribution in [0.15, 0.2) is 30.7 Å². The number of hydrogen-bond acceptors (Lipinski definition) is 5. The van der Waals surface area contributed by atoms with Gasteiger partial charge in [0.15, 0.2) is 6.04 Å². The summed E-state index contributed by atoms with van der Waals surface area (Å²) < 4.78 is 1.71. The molecule has 26 heavy (non-hydrogen) atoms. The van der Waals surface area contributed by atoms with Gasteiger partial charge in [-0.25, -0.2) is 5.06 Å². The second kappa shape index (κ2) is 6.87. The van der Waals surface area contributed by atoms with Crippen molar-refractivity contribution in [3.8, 4) is 0 Å². The monoisotopic (exact) mass is 355 g/mol. The van der Waals surface area contributed by atoms with Gasteiger partial charge in [0, 0.05) is 25.1 Å². The third-order valence-corrected chi connectivity index (χ3v) is 4.74. The average Bonchev–Trinajstić information content (AvgIpc) is 3.15. The Kier molecular flexibility index (Phi) is 4.42.